The van der Waals surface area contributed by atoms with E-state index in [1.54, 1.807) is 19.1 Å². The van der Waals surface area contributed by atoms with Crippen LogP contribution in [0.3, 0.4) is 0 Å². The predicted octanol–water partition coefficient (Wildman–Crippen LogP) is 3.31. The summed E-state index contributed by atoms with van der Waals surface area (Å²) in [5, 5.41) is 16.2. The number of aryl methyl sites for hydroxylation is 2. The van der Waals surface area contributed by atoms with Crippen LogP contribution < -0.4 is 10.6 Å². The van der Waals surface area contributed by atoms with Gasteiger partial charge in [-0.25, -0.2) is 4.79 Å². The number of hydrogen-bond donors (Lipinski definition) is 2. The molecule has 8 nitrogen and oxygen atoms in total. The summed E-state index contributed by atoms with van der Waals surface area (Å²) in [7, 11) is 1.53. The van der Waals surface area contributed by atoms with E-state index in [2.05, 4.69) is 10.6 Å². The quantitative estimate of drug-likeness (QED) is 0.623. The van der Waals surface area contributed by atoms with Crippen LogP contribution in [0.2, 0.25) is 0 Å². The van der Waals surface area contributed by atoms with Gasteiger partial charge in [-0.1, -0.05) is 0 Å². The molecule has 0 fully saturated rings. The van der Waals surface area contributed by atoms with Crippen molar-refractivity contribution in [2.75, 3.05) is 19.0 Å². The number of nitro groups is 1. The fourth-order valence-corrected chi connectivity index (χ4v) is 2.22. The van der Waals surface area contributed by atoms with E-state index in [1.165, 1.54) is 25.3 Å². The van der Waals surface area contributed by atoms with Gasteiger partial charge in [-0.2, -0.15) is 0 Å². The largest absolute Gasteiger partial charge is 0.464 e. The molecule has 2 aromatic rings. The zero-order valence-electron chi connectivity index (χ0n) is 13.7. The highest BCUT2D eigenvalue weighted by molar-refractivity contribution is 5.90. The molecule has 0 aliphatic carbocycles. The molecule has 0 spiro atoms. The van der Waals surface area contributed by atoms with Gasteiger partial charge in [0.25, 0.3) is 5.69 Å². The zero-order valence-corrected chi connectivity index (χ0v) is 13.7. The van der Waals surface area contributed by atoms with E-state index in [4.69, 9.17) is 9.15 Å². The first-order chi connectivity index (χ1) is 11.4. The van der Waals surface area contributed by atoms with Crippen LogP contribution >= 0.6 is 0 Å². The SMILES string of the molecule is COCC(NC(=O)Nc1ccc([N+](=O)[O-])cc1C)c1ccc(C)o1. The van der Waals surface area contributed by atoms with Crippen molar-refractivity contribution >= 4 is 17.4 Å². The molecular weight excluding hydrogens is 314 g/mol. The minimum atomic E-state index is -0.481. The van der Waals surface area contributed by atoms with Gasteiger partial charge in [0.05, 0.1) is 11.5 Å². The number of hydrogen-bond acceptors (Lipinski definition) is 5. The Morgan fingerprint density at radius 3 is 2.62 bits per heavy atom. The summed E-state index contributed by atoms with van der Waals surface area (Å²) in [4.78, 5) is 22.5. The van der Waals surface area contributed by atoms with Gasteiger partial charge in [0.1, 0.15) is 17.6 Å². The number of rotatable bonds is 6. The first-order valence-electron chi connectivity index (χ1n) is 7.28. The summed E-state index contributed by atoms with van der Waals surface area (Å²) >= 11 is 0. The summed E-state index contributed by atoms with van der Waals surface area (Å²) < 4.78 is 10.6. The van der Waals surface area contributed by atoms with Crippen LogP contribution in [0.5, 0.6) is 0 Å². The Labute approximate surface area is 139 Å². The molecule has 0 aliphatic rings. The number of anilines is 1. The van der Waals surface area contributed by atoms with Crippen molar-refractivity contribution in [3.05, 3.63) is 57.5 Å². The zero-order chi connectivity index (χ0) is 17.7. The fraction of sp³-hybridized carbons (Fsp3) is 0.312. The number of nitro benzene ring substituents is 1. The molecule has 1 unspecified atom stereocenters. The third-order valence-electron chi connectivity index (χ3n) is 3.41. The number of carbonyl (C=O) groups is 1. The molecule has 1 aromatic heterocycles. The smallest absolute Gasteiger partial charge is 0.319 e. The van der Waals surface area contributed by atoms with Gasteiger partial charge in [0, 0.05) is 24.9 Å². The van der Waals surface area contributed by atoms with E-state index >= 15 is 0 Å². The number of amides is 2. The number of non-ortho nitro benzene ring substituents is 1. The molecule has 24 heavy (non-hydrogen) atoms. The second kappa shape index (κ2) is 7.60. The van der Waals surface area contributed by atoms with Gasteiger partial charge in [-0.05, 0) is 37.6 Å². The number of benzene rings is 1. The number of ether oxygens (including phenoxy) is 1. The number of methoxy groups -OCH3 is 1. The van der Waals surface area contributed by atoms with Gasteiger partial charge in [0.15, 0.2) is 0 Å². The molecule has 2 rings (SSSR count). The molecule has 0 radical (unpaired) electrons. The van der Waals surface area contributed by atoms with Crippen LogP contribution in [0.1, 0.15) is 23.1 Å². The van der Waals surface area contributed by atoms with Crippen LogP contribution in [-0.2, 0) is 4.74 Å². The van der Waals surface area contributed by atoms with Gasteiger partial charge in [-0.3, -0.25) is 10.1 Å². The van der Waals surface area contributed by atoms with Crippen LogP contribution in [0.15, 0.2) is 34.7 Å². The topological polar surface area (TPSA) is 107 Å². The molecule has 1 heterocycles. The third kappa shape index (κ3) is 4.32. The normalized spacial score (nSPS) is 11.8. The Kier molecular flexibility index (Phi) is 5.54. The van der Waals surface area contributed by atoms with Gasteiger partial charge in [0.2, 0.25) is 0 Å². The van der Waals surface area contributed by atoms with Gasteiger partial charge in [-0.15, -0.1) is 0 Å². The van der Waals surface area contributed by atoms with E-state index in [-0.39, 0.29) is 12.3 Å². The molecule has 2 amide bonds. The van der Waals surface area contributed by atoms with Crippen molar-refractivity contribution in [1.29, 1.82) is 0 Å². The first-order valence-corrected chi connectivity index (χ1v) is 7.28. The van der Waals surface area contributed by atoms with Crippen LogP contribution in [0, 0.1) is 24.0 Å². The summed E-state index contributed by atoms with van der Waals surface area (Å²) in [6, 6.07) is 6.91. The van der Waals surface area contributed by atoms with Crippen LogP contribution in [0.4, 0.5) is 16.2 Å². The molecule has 128 valence electrons. The van der Waals surface area contributed by atoms with Crippen LogP contribution in [-0.4, -0.2) is 24.7 Å². The monoisotopic (exact) mass is 333 g/mol. The fourth-order valence-electron chi connectivity index (χ4n) is 2.22. The lowest BCUT2D eigenvalue weighted by Crippen LogP contribution is -2.34. The summed E-state index contributed by atoms with van der Waals surface area (Å²) in [6.07, 6.45) is 0. The van der Waals surface area contributed by atoms with Crippen LogP contribution in [0.25, 0.3) is 0 Å². The van der Waals surface area contributed by atoms with Crippen molar-refractivity contribution in [2.45, 2.75) is 19.9 Å². The number of furan rings is 1. The molecular formula is C16H19N3O5. The number of carbonyl (C=O) groups excluding carboxylic acids is 1. The summed E-state index contributed by atoms with van der Waals surface area (Å²) in [5.74, 6) is 1.32. The van der Waals surface area contributed by atoms with Gasteiger partial charge >= 0.3 is 6.03 Å². The van der Waals surface area contributed by atoms with E-state index in [0.29, 0.717) is 17.0 Å². The minimum Gasteiger partial charge on any atom is -0.464 e. The maximum atomic E-state index is 12.2. The second-order valence-electron chi connectivity index (χ2n) is 5.31. The average molecular weight is 333 g/mol. The Balaban J connectivity index is 2.07. The van der Waals surface area contributed by atoms with Gasteiger partial charge < -0.3 is 19.8 Å². The Morgan fingerprint density at radius 2 is 2.08 bits per heavy atom. The van der Waals surface area contributed by atoms with E-state index in [9.17, 15) is 14.9 Å². The lowest BCUT2D eigenvalue weighted by Gasteiger charge is -2.17. The Bertz CT molecular complexity index is 741. The van der Waals surface area contributed by atoms with Crippen molar-refractivity contribution in [2.24, 2.45) is 0 Å². The number of nitrogens with one attached hydrogen (secondary N) is 2. The highest BCUT2D eigenvalue weighted by Gasteiger charge is 2.18. The molecule has 8 heteroatoms. The average Bonchev–Trinajstić information content (AvgIpc) is 2.95. The van der Waals surface area contributed by atoms with Crippen molar-refractivity contribution in [3.8, 4) is 0 Å². The maximum absolute atomic E-state index is 12.2. The highest BCUT2D eigenvalue weighted by atomic mass is 16.6. The van der Waals surface area contributed by atoms with Crippen molar-refractivity contribution < 1.29 is 18.9 Å². The lowest BCUT2D eigenvalue weighted by atomic mass is 10.2. The Hall–Kier alpha value is -2.87. The second-order valence-corrected chi connectivity index (χ2v) is 5.31. The summed E-state index contributed by atoms with van der Waals surface area (Å²) in [6.45, 7) is 3.75. The van der Waals surface area contributed by atoms with E-state index in [0.717, 1.165) is 5.76 Å². The standard InChI is InChI=1S/C16H19N3O5/c1-10-8-12(19(21)22)5-6-13(10)17-16(20)18-14(9-23-3)15-7-4-11(2)24-15/h4-8,14H,9H2,1-3H3,(H2,17,18,20). The van der Waals surface area contributed by atoms with Crippen molar-refractivity contribution in [3.63, 3.8) is 0 Å². The predicted molar refractivity (Wildman–Crippen MR) is 88.0 cm³/mol. The molecule has 1 atom stereocenters. The Morgan fingerprint density at radius 1 is 1.33 bits per heavy atom. The lowest BCUT2D eigenvalue weighted by molar-refractivity contribution is -0.384. The molecule has 0 saturated carbocycles. The maximum Gasteiger partial charge on any atom is 0.319 e. The minimum absolute atomic E-state index is 0.0261. The molecule has 0 aliphatic heterocycles. The molecule has 1 aromatic carbocycles. The molecule has 2 N–H and O–H groups in total. The number of nitrogens with zero attached hydrogens (tertiary/aromatic N) is 1. The number of urea groups is 1. The molecule has 0 bridgehead atoms. The molecule has 0 saturated heterocycles. The van der Waals surface area contributed by atoms with E-state index in [1.807, 2.05) is 6.92 Å². The highest BCUT2D eigenvalue weighted by Crippen LogP contribution is 2.22. The summed E-state index contributed by atoms with van der Waals surface area (Å²) in [5.41, 5.74) is 1.06. The first kappa shape index (κ1) is 17.5. The van der Waals surface area contributed by atoms with E-state index < -0.39 is 17.0 Å². The third-order valence-corrected chi connectivity index (χ3v) is 3.41. The van der Waals surface area contributed by atoms with Crippen molar-refractivity contribution in [1.82, 2.24) is 5.32 Å².